The van der Waals surface area contributed by atoms with Crippen molar-refractivity contribution in [2.24, 2.45) is 0 Å². The molecular formula is C18H17N9O. The molecule has 0 radical (unpaired) electrons. The second-order valence-electron chi connectivity index (χ2n) is 6.36. The van der Waals surface area contributed by atoms with Crippen LogP contribution in [0.1, 0.15) is 24.3 Å². The molecule has 0 aliphatic rings. The first-order valence-corrected chi connectivity index (χ1v) is 8.62. The first kappa shape index (κ1) is 17.5. The number of anilines is 2. The van der Waals surface area contributed by atoms with Crippen molar-refractivity contribution in [2.45, 2.75) is 19.9 Å². The molecule has 0 atom stereocenters. The van der Waals surface area contributed by atoms with E-state index in [0.717, 1.165) is 5.39 Å². The molecule has 4 aromatic rings. The van der Waals surface area contributed by atoms with Crippen LogP contribution in [0.5, 0.6) is 0 Å². The molecule has 1 amide bonds. The monoisotopic (exact) mass is 375 g/mol. The van der Waals surface area contributed by atoms with E-state index in [1.807, 2.05) is 26.0 Å². The number of hydrogen-bond donors (Lipinski definition) is 3. The van der Waals surface area contributed by atoms with Crippen molar-refractivity contribution in [3.8, 4) is 11.4 Å². The van der Waals surface area contributed by atoms with E-state index in [-0.39, 0.29) is 11.7 Å². The van der Waals surface area contributed by atoms with E-state index in [2.05, 4.69) is 46.0 Å². The summed E-state index contributed by atoms with van der Waals surface area (Å²) in [6.07, 6.45) is 6.39. The molecule has 0 aliphatic heterocycles. The number of rotatable bonds is 5. The Kier molecular flexibility index (Phi) is 4.58. The number of carbonyl (C=O) groups is 1. The number of aromatic nitrogens is 7. The molecule has 0 bridgehead atoms. The average Bonchev–Trinajstić information content (AvgIpc) is 3.22. The lowest BCUT2D eigenvalue weighted by Crippen LogP contribution is -2.13. The third-order valence-corrected chi connectivity index (χ3v) is 3.80. The van der Waals surface area contributed by atoms with Crippen LogP contribution in [0.15, 0.2) is 43.0 Å². The number of nitrogens with one attached hydrogen (secondary N) is 3. The minimum absolute atomic E-state index is 0.174. The summed E-state index contributed by atoms with van der Waals surface area (Å²) >= 11 is 0. The summed E-state index contributed by atoms with van der Waals surface area (Å²) in [6.45, 7) is 4.06. The molecule has 4 heterocycles. The summed E-state index contributed by atoms with van der Waals surface area (Å²) in [7, 11) is 0. The van der Waals surface area contributed by atoms with Crippen molar-refractivity contribution < 1.29 is 4.79 Å². The maximum Gasteiger partial charge on any atom is 0.278 e. The van der Waals surface area contributed by atoms with Crippen LogP contribution in [-0.2, 0) is 0 Å². The Bertz CT molecular complexity index is 1130. The molecule has 0 fully saturated rings. The Balaban J connectivity index is 1.64. The molecule has 10 heteroatoms. The highest BCUT2D eigenvalue weighted by atomic mass is 16.2. The molecule has 0 aromatic carbocycles. The molecule has 0 saturated carbocycles. The summed E-state index contributed by atoms with van der Waals surface area (Å²) in [5.41, 5.74) is 2.17. The fraction of sp³-hybridized carbons (Fsp3) is 0.167. The Morgan fingerprint density at radius 1 is 1.07 bits per heavy atom. The minimum Gasteiger partial charge on any atom is -0.367 e. The maximum absolute atomic E-state index is 12.1. The minimum atomic E-state index is -0.407. The molecular weight excluding hydrogens is 358 g/mol. The fourth-order valence-electron chi connectivity index (χ4n) is 2.57. The lowest BCUT2D eigenvalue weighted by atomic mass is 10.2. The SMILES string of the molecule is CC(C)Nc1cncc(-c2ccc3cnc(NC(=O)c4c[nH]nn4)cc3n2)n1. The summed E-state index contributed by atoms with van der Waals surface area (Å²) in [6, 6.07) is 5.70. The predicted molar refractivity (Wildman–Crippen MR) is 104 cm³/mol. The van der Waals surface area contributed by atoms with Gasteiger partial charge in [-0.05, 0) is 26.0 Å². The Morgan fingerprint density at radius 2 is 1.96 bits per heavy atom. The van der Waals surface area contributed by atoms with Gasteiger partial charge in [-0.3, -0.25) is 14.9 Å². The van der Waals surface area contributed by atoms with Crippen molar-refractivity contribution in [3.63, 3.8) is 0 Å². The molecule has 0 unspecified atom stereocenters. The zero-order valence-corrected chi connectivity index (χ0v) is 15.2. The number of carbonyl (C=O) groups excluding carboxylic acids is 1. The van der Waals surface area contributed by atoms with Crippen LogP contribution in [0.25, 0.3) is 22.3 Å². The van der Waals surface area contributed by atoms with Crippen molar-refractivity contribution in [3.05, 3.63) is 48.7 Å². The number of amides is 1. The van der Waals surface area contributed by atoms with Crippen LogP contribution in [0.2, 0.25) is 0 Å². The largest absolute Gasteiger partial charge is 0.367 e. The zero-order valence-electron chi connectivity index (χ0n) is 15.2. The number of fused-ring (bicyclic) bond motifs is 1. The zero-order chi connectivity index (χ0) is 19.5. The molecule has 0 spiro atoms. The standard InChI is InChI=1S/C18H17N9O/c1-10(2)22-17-9-19-7-14(24-17)12-4-3-11-6-20-16(5-13(11)23-12)25-18(28)15-8-21-27-26-15/h3-10H,1-2H3,(H,22,24)(H,20,25,28)(H,21,26,27). The fourth-order valence-corrected chi connectivity index (χ4v) is 2.57. The third kappa shape index (κ3) is 3.75. The van der Waals surface area contributed by atoms with Gasteiger partial charge < -0.3 is 10.6 Å². The Morgan fingerprint density at radius 3 is 2.75 bits per heavy atom. The van der Waals surface area contributed by atoms with Crippen molar-refractivity contribution >= 4 is 28.4 Å². The number of aromatic amines is 1. The summed E-state index contributed by atoms with van der Waals surface area (Å²) in [4.78, 5) is 29.8. The van der Waals surface area contributed by atoms with E-state index < -0.39 is 5.91 Å². The van der Waals surface area contributed by atoms with Crippen LogP contribution >= 0.6 is 0 Å². The highest BCUT2D eigenvalue weighted by molar-refractivity contribution is 6.02. The van der Waals surface area contributed by atoms with Crippen molar-refractivity contribution in [1.29, 1.82) is 0 Å². The molecule has 0 aliphatic carbocycles. The average molecular weight is 375 g/mol. The Hall–Kier alpha value is -3.95. The van der Waals surface area contributed by atoms with E-state index >= 15 is 0 Å². The molecule has 3 N–H and O–H groups in total. The van der Waals surface area contributed by atoms with Gasteiger partial charge in [0.05, 0.1) is 29.8 Å². The highest BCUT2D eigenvalue weighted by Gasteiger charge is 2.11. The van der Waals surface area contributed by atoms with Crippen LogP contribution < -0.4 is 10.6 Å². The Labute approximate surface area is 159 Å². The van der Waals surface area contributed by atoms with Crippen LogP contribution in [0, 0.1) is 0 Å². The van der Waals surface area contributed by atoms with E-state index in [9.17, 15) is 4.79 Å². The second kappa shape index (κ2) is 7.35. The van der Waals surface area contributed by atoms with Crippen LogP contribution in [0.3, 0.4) is 0 Å². The van der Waals surface area contributed by atoms with Gasteiger partial charge in [-0.1, -0.05) is 5.21 Å². The predicted octanol–water partition coefficient (Wildman–Crippen LogP) is 2.28. The van der Waals surface area contributed by atoms with Gasteiger partial charge >= 0.3 is 0 Å². The number of pyridine rings is 2. The highest BCUT2D eigenvalue weighted by Crippen LogP contribution is 2.21. The molecule has 4 aromatic heterocycles. The first-order valence-electron chi connectivity index (χ1n) is 8.62. The van der Waals surface area contributed by atoms with Crippen LogP contribution in [0.4, 0.5) is 11.6 Å². The molecule has 10 nitrogen and oxygen atoms in total. The molecule has 0 saturated heterocycles. The van der Waals surface area contributed by atoms with Gasteiger partial charge in [0.25, 0.3) is 5.91 Å². The lowest BCUT2D eigenvalue weighted by Gasteiger charge is -2.10. The second-order valence-corrected chi connectivity index (χ2v) is 6.36. The normalized spacial score (nSPS) is 11.0. The summed E-state index contributed by atoms with van der Waals surface area (Å²) in [5, 5.41) is 16.4. The van der Waals surface area contributed by atoms with Gasteiger partial charge in [0.1, 0.15) is 17.3 Å². The van der Waals surface area contributed by atoms with Gasteiger partial charge in [-0.15, -0.1) is 5.10 Å². The first-order chi connectivity index (χ1) is 13.6. The molecule has 140 valence electrons. The van der Waals surface area contributed by atoms with Crippen molar-refractivity contribution in [1.82, 2.24) is 35.3 Å². The van der Waals surface area contributed by atoms with E-state index in [4.69, 9.17) is 0 Å². The maximum atomic E-state index is 12.1. The molecule has 4 rings (SSSR count). The van der Waals surface area contributed by atoms with E-state index in [0.29, 0.717) is 28.5 Å². The van der Waals surface area contributed by atoms with Crippen LogP contribution in [-0.4, -0.2) is 47.3 Å². The van der Waals surface area contributed by atoms with E-state index in [1.54, 1.807) is 24.7 Å². The lowest BCUT2D eigenvalue weighted by molar-refractivity contribution is 0.102. The smallest absolute Gasteiger partial charge is 0.278 e. The van der Waals surface area contributed by atoms with Gasteiger partial charge in [0.15, 0.2) is 5.69 Å². The van der Waals surface area contributed by atoms with Crippen molar-refractivity contribution in [2.75, 3.05) is 10.6 Å². The van der Waals surface area contributed by atoms with E-state index in [1.165, 1.54) is 6.20 Å². The van der Waals surface area contributed by atoms with Gasteiger partial charge in [-0.25, -0.2) is 15.0 Å². The quantitative estimate of drug-likeness (QED) is 0.483. The number of hydrogen-bond acceptors (Lipinski definition) is 8. The number of nitrogens with zero attached hydrogens (tertiary/aromatic N) is 6. The third-order valence-electron chi connectivity index (χ3n) is 3.80. The topological polar surface area (TPSA) is 134 Å². The van der Waals surface area contributed by atoms with Gasteiger partial charge in [-0.2, -0.15) is 0 Å². The summed E-state index contributed by atoms with van der Waals surface area (Å²) in [5.74, 6) is 0.645. The van der Waals surface area contributed by atoms with Gasteiger partial charge in [0.2, 0.25) is 0 Å². The molecule has 28 heavy (non-hydrogen) atoms. The van der Waals surface area contributed by atoms with Gasteiger partial charge in [0, 0.05) is 23.7 Å². The summed E-state index contributed by atoms with van der Waals surface area (Å²) < 4.78 is 0. The number of H-pyrrole nitrogens is 1.